The maximum absolute atomic E-state index is 13.0. The predicted octanol–water partition coefficient (Wildman–Crippen LogP) is 5.49. The van der Waals surface area contributed by atoms with Gasteiger partial charge in [0.2, 0.25) is 4.96 Å². The van der Waals surface area contributed by atoms with E-state index in [-0.39, 0.29) is 11.5 Å². The third-order valence-electron chi connectivity index (χ3n) is 6.15. The van der Waals surface area contributed by atoms with Crippen LogP contribution in [0.3, 0.4) is 0 Å². The molecule has 0 aliphatic carbocycles. The highest BCUT2D eigenvalue weighted by Gasteiger charge is 2.12. The molecule has 2 aromatic carbocycles. The van der Waals surface area contributed by atoms with E-state index in [0.29, 0.717) is 57.1 Å². The van der Waals surface area contributed by atoms with Crippen LogP contribution in [-0.2, 0) is 4.74 Å². The van der Waals surface area contributed by atoms with Crippen molar-refractivity contribution < 1.29 is 23.4 Å². The fourth-order valence-electron chi connectivity index (χ4n) is 4.02. The number of hydrogen-bond donors (Lipinski definition) is 0. The summed E-state index contributed by atoms with van der Waals surface area (Å²) in [4.78, 5) is 29.8. The summed E-state index contributed by atoms with van der Waals surface area (Å²) >= 11 is 1.23. The number of methoxy groups -OCH3 is 1. The molecule has 3 heterocycles. The lowest BCUT2D eigenvalue weighted by Crippen LogP contribution is -2.23. The predicted molar refractivity (Wildman–Crippen MR) is 158 cm³/mol. The number of thiazole rings is 1. The number of ether oxygens (including phenoxy) is 3. The number of fused-ring (bicyclic) bond motifs is 1. The molecule has 0 fully saturated rings. The Bertz CT molecular complexity index is 1800. The van der Waals surface area contributed by atoms with Gasteiger partial charge in [0, 0.05) is 11.6 Å². The molecule has 0 aliphatic rings. The Morgan fingerprint density at radius 3 is 2.61 bits per heavy atom. The molecule has 0 saturated carbocycles. The fraction of sp³-hybridized carbons (Fsp3) is 0.226. The lowest BCUT2D eigenvalue weighted by molar-refractivity contribution is 0.0526. The molecular formula is C31H29N3O6S. The van der Waals surface area contributed by atoms with Crippen molar-refractivity contribution in [1.82, 2.24) is 14.6 Å². The van der Waals surface area contributed by atoms with Crippen molar-refractivity contribution in [2.24, 2.45) is 0 Å². The fourth-order valence-corrected chi connectivity index (χ4v) is 4.92. The van der Waals surface area contributed by atoms with Gasteiger partial charge in [0.25, 0.3) is 5.56 Å². The van der Waals surface area contributed by atoms with E-state index in [2.05, 4.69) is 17.0 Å². The summed E-state index contributed by atoms with van der Waals surface area (Å²) in [5.41, 5.74) is 1.89. The van der Waals surface area contributed by atoms with Gasteiger partial charge in [0.15, 0.2) is 17.3 Å². The summed E-state index contributed by atoms with van der Waals surface area (Å²) in [6.45, 7) is 4.84. The van der Waals surface area contributed by atoms with Gasteiger partial charge in [0.1, 0.15) is 16.1 Å². The van der Waals surface area contributed by atoms with Gasteiger partial charge in [0.05, 0.1) is 25.9 Å². The molecule has 10 heteroatoms. The minimum Gasteiger partial charge on any atom is -0.493 e. The molecule has 0 atom stereocenters. The average molecular weight is 572 g/mol. The van der Waals surface area contributed by atoms with Gasteiger partial charge < -0.3 is 18.6 Å². The molecule has 0 radical (unpaired) electrons. The van der Waals surface area contributed by atoms with Gasteiger partial charge in [-0.15, -0.1) is 5.10 Å². The third-order valence-corrected chi connectivity index (χ3v) is 7.11. The highest BCUT2D eigenvalue weighted by Crippen LogP contribution is 2.29. The van der Waals surface area contributed by atoms with Crippen LogP contribution in [0.25, 0.3) is 34.5 Å². The number of rotatable bonds is 11. The van der Waals surface area contributed by atoms with Crippen molar-refractivity contribution in [3.05, 3.63) is 92.2 Å². The van der Waals surface area contributed by atoms with E-state index in [1.54, 1.807) is 56.5 Å². The second-order valence-electron chi connectivity index (χ2n) is 9.03. The summed E-state index contributed by atoms with van der Waals surface area (Å²) in [6.07, 6.45) is 7.32. The van der Waals surface area contributed by atoms with Gasteiger partial charge in [-0.3, -0.25) is 4.79 Å². The van der Waals surface area contributed by atoms with Crippen LogP contribution in [0, 0.1) is 0 Å². The molecule has 9 nitrogen and oxygen atoms in total. The van der Waals surface area contributed by atoms with Crippen LogP contribution in [0.5, 0.6) is 11.5 Å². The van der Waals surface area contributed by atoms with E-state index in [4.69, 9.17) is 18.6 Å². The summed E-state index contributed by atoms with van der Waals surface area (Å²) in [6, 6.07) is 16.2. The maximum atomic E-state index is 13.0. The Morgan fingerprint density at radius 2 is 1.88 bits per heavy atom. The van der Waals surface area contributed by atoms with Crippen molar-refractivity contribution in [2.45, 2.75) is 26.7 Å². The normalized spacial score (nSPS) is 11.9. The molecule has 0 N–H and O–H groups in total. The van der Waals surface area contributed by atoms with Gasteiger partial charge in [-0.05, 0) is 61.4 Å². The van der Waals surface area contributed by atoms with Crippen LogP contribution in [0.2, 0.25) is 0 Å². The van der Waals surface area contributed by atoms with E-state index in [0.717, 1.165) is 24.0 Å². The molecular weight excluding hydrogens is 542 g/mol. The molecule has 210 valence electrons. The van der Waals surface area contributed by atoms with E-state index in [9.17, 15) is 9.59 Å². The summed E-state index contributed by atoms with van der Waals surface area (Å²) in [7, 11) is 1.61. The maximum Gasteiger partial charge on any atom is 0.338 e. The number of hydrogen-bond acceptors (Lipinski definition) is 9. The van der Waals surface area contributed by atoms with Crippen LogP contribution in [0.4, 0.5) is 0 Å². The second-order valence-corrected chi connectivity index (χ2v) is 10.0. The molecule has 0 amide bonds. The zero-order valence-electron chi connectivity index (χ0n) is 23.0. The summed E-state index contributed by atoms with van der Waals surface area (Å²) in [5, 5.41) is 4.36. The third kappa shape index (κ3) is 6.38. The zero-order chi connectivity index (χ0) is 28.8. The van der Waals surface area contributed by atoms with E-state index in [1.165, 1.54) is 15.9 Å². The van der Waals surface area contributed by atoms with Crippen molar-refractivity contribution in [2.75, 3.05) is 20.3 Å². The van der Waals surface area contributed by atoms with E-state index >= 15 is 0 Å². The molecule has 3 aromatic heterocycles. The second kappa shape index (κ2) is 12.6. The Morgan fingerprint density at radius 1 is 1.05 bits per heavy atom. The number of aromatic nitrogens is 3. The van der Waals surface area contributed by atoms with Gasteiger partial charge in [-0.1, -0.05) is 49.0 Å². The quantitative estimate of drug-likeness (QED) is 0.151. The summed E-state index contributed by atoms with van der Waals surface area (Å²) in [5.74, 6) is 2.55. The lowest BCUT2D eigenvalue weighted by atomic mass is 10.1. The van der Waals surface area contributed by atoms with Crippen LogP contribution >= 0.6 is 11.3 Å². The molecule has 0 saturated heterocycles. The average Bonchev–Trinajstić information content (AvgIpc) is 3.69. The Labute approximate surface area is 240 Å². The van der Waals surface area contributed by atoms with E-state index in [1.807, 2.05) is 30.3 Å². The zero-order valence-corrected chi connectivity index (χ0v) is 23.8. The highest BCUT2D eigenvalue weighted by atomic mass is 32.1. The van der Waals surface area contributed by atoms with Crippen molar-refractivity contribution in [3.8, 4) is 22.8 Å². The lowest BCUT2D eigenvalue weighted by Gasteiger charge is -2.10. The highest BCUT2D eigenvalue weighted by molar-refractivity contribution is 7.15. The van der Waals surface area contributed by atoms with Crippen LogP contribution in [-0.4, -0.2) is 40.9 Å². The summed E-state index contributed by atoms with van der Waals surface area (Å²) < 4.78 is 24.0. The standard InChI is InChI=1S/C31H29N3O6S/c1-4-6-17-39-25-14-7-20(18-26(25)37-3)8-16-28-32-31-34(33-28)29(35)27(41-31)19-23-13-15-24(40-23)21-9-11-22(12-10-21)30(36)38-5-2/h7-16,18-19H,4-6,17H2,1-3H3/b16-8+,27-19-. The van der Waals surface area contributed by atoms with Gasteiger partial charge >= 0.3 is 5.97 Å². The number of nitrogens with zero attached hydrogens (tertiary/aromatic N) is 3. The minimum atomic E-state index is -0.368. The number of furan rings is 1. The topological polar surface area (TPSA) is 105 Å². The van der Waals surface area contributed by atoms with Crippen LogP contribution in [0.15, 0.2) is 63.8 Å². The number of carbonyl (C=O) groups excluding carboxylic acids is 1. The minimum absolute atomic E-state index is 0.274. The number of unbranched alkanes of at least 4 members (excludes halogenated alkanes) is 1. The molecule has 0 spiro atoms. The van der Waals surface area contributed by atoms with Gasteiger partial charge in [-0.25, -0.2) is 4.79 Å². The number of carbonyl (C=O) groups is 1. The van der Waals surface area contributed by atoms with Crippen molar-refractivity contribution >= 4 is 40.5 Å². The van der Waals surface area contributed by atoms with Crippen LogP contribution < -0.4 is 19.6 Å². The first-order chi connectivity index (χ1) is 20.0. The van der Waals surface area contributed by atoms with E-state index < -0.39 is 0 Å². The molecule has 5 rings (SSSR count). The largest absolute Gasteiger partial charge is 0.493 e. The first-order valence-corrected chi connectivity index (χ1v) is 14.1. The smallest absolute Gasteiger partial charge is 0.338 e. The molecule has 41 heavy (non-hydrogen) atoms. The Kier molecular flexibility index (Phi) is 8.59. The molecule has 0 bridgehead atoms. The first-order valence-electron chi connectivity index (χ1n) is 13.3. The van der Waals surface area contributed by atoms with Crippen LogP contribution in [0.1, 0.15) is 54.2 Å². The molecule has 0 unspecified atom stereocenters. The Balaban J connectivity index is 1.31. The van der Waals surface area contributed by atoms with Crippen molar-refractivity contribution in [3.63, 3.8) is 0 Å². The molecule has 0 aliphatic heterocycles. The monoisotopic (exact) mass is 571 g/mol. The Hall–Kier alpha value is -4.70. The molecule has 5 aromatic rings. The first kappa shape index (κ1) is 27.9. The number of benzene rings is 2. The van der Waals surface area contributed by atoms with Crippen molar-refractivity contribution in [1.29, 1.82) is 0 Å². The van der Waals surface area contributed by atoms with Gasteiger partial charge in [-0.2, -0.15) is 9.50 Å². The number of esters is 1. The SMILES string of the molecule is CCCCOc1ccc(/C=C/c2nc3s/c(=C\c4ccc(-c5ccc(C(=O)OCC)cc5)o4)c(=O)n3n2)cc1OC.